The van der Waals surface area contributed by atoms with Gasteiger partial charge < -0.3 is 14.5 Å². The molecule has 0 spiro atoms. The summed E-state index contributed by atoms with van der Waals surface area (Å²) < 4.78 is 19.0. The van der Waals surface area contributed by atoms with Crippen molar-refractivity contribution < 1.29 is 9.13 Å². The summed E-state index contributed by atoms with van der Waals surface area (Å²) in [6.45, 7) is 1.73. The Hall–Kier alpha value is -1.15. The largest absolute Gasteiger partial charge is 0.383 e. The number of rotatable bonds is 5. The zero-order valence-electron chi connectivity index (χ0n) is 12.4. The number of anilines is 2. The van der Waals surface area contributed by atoms with E-state index in [2.05, 4.69) is 9.97 Å². The highest BCUT2D eigenvalue weighted by molar-refractivity contribution is 7.15. The molecular weight excluding hydrogens is 362 g/mol. The minimum absolute atomic E-state index is 0.206. The number of methoxy groups -OCH3 is 1. The van der Waals surface area contributed by atoms with Crippen molar-refractivity contribution in [1.29, 1.82) is 0 Å². The van der Waals surface area contributed by atoms with E-state index in [1.165, 1.54) is 11.3 Å². The van der Waals surface area contributed by atoms with Crippen LogP contribution in [0.1, 0.15) is 11.1 Å². The Balaban J connectivity index is 1.96. The molecule has 0 saturated heterocycles. The van der Waals surface area contributed by atoms with Gasteiger partial charge in [-0.05, 0) is 11.6 Å². The summed E-state index contributed by atoms with van der Waals surface area (Å²) in [7, 11) is 1.65. The van der Waals surface area contributed by atoms with Crippen LogP contribution in [0.2, 0.25) is 9.62 Å². The molecule has 0 unspecified atom stereocenters. The lowest BCUT2D eigenvalue weighted by atomic mass is 10.2. The van der Waals surface area contributed by atoms with E-state index in [-0.39, 0.29) is 5.28 Å². The van der Waals surface area contributed by atoms with Gasteiger partial charge in [-0.15, -0.1) is 11.3 Å². The van der Waals surface area contributed by atoms with Gasteiger partial charge in [0.25, 0.3) is 0 Å². The van der Waals surface area contributed by atoms with Crippen LogP contribution in [0.3, 0.4) is 0 Å². The Morgan fingerprint density at radius 2 is 2.26 bits per heavy atom. The third kappa shape index (κ3) is 3.38. The lowest BCUT2D eigenvalue weighted by Crippen LogP contribution is -2.44. The maximum absolute atomic E-state index is 13.2. The second-order valence-corrected chi connectivity index (χ2v) is 6.92. The number of fused-ring (bicyclic) bond motifs is 1. The van der Waals surface area contributed by atoms with Gasteiger partial charge in [-0.1, -0.05) is 11.6 Å². The monoisotopic (exact) mass is 376 g/mol. The summed E-state index contributed by atoms with van der Waals surface area (Å²) in [4.78, 5) is 12.4. The molecule has 0 radical (unpaired) electrons. The maximum Gasteiger partial charge on any atom is 0.224 e. The van der Waals surface area contributed by atoms with Gasteiger partial charge in [-0.3, -0.25) is 0 Å². The van der Waals surface area contributed by atoms with Crippen molar-refractivity contribution in [3.63, 3.8) is 0 Å². The van der Waals surface area contributed by atoms with Crippen LogP contribution in [0.25, 0.3) is 0 Å². The van der Waals surface area contributed by atoms with Crippen LogP contribution in [-0.4, -0.2) is 36.9 Å². The molecule has 0 N–H and O–H groups in total. The van der Waals surface area contributed by atoms with E-state index in [9.17, 15) is 4.39 Å². The molecular formula is C14H15Cl2FN4OS. The zero-order valence-corrected chi connectivity index (χ0v) is 14.8. The van der Waals surface area contributed by atoms with Crippen molar-refractivity contribution in [2.45, 2.75) is 13.2 Å². The molecule has 0 amide bonds. The number of nitrogens with zero attached hydrogens (tertiary/aromatic N) is 4. The van der Waals surface area contributed by atoms with Crippen LogP contribution in [0, 0.1) is 0 Å². The molecule has 1 aliphatic rings. The van der Waals surface area contributed by atoms with Gasteiger partial charge >= 0.3 is 0 Å². The summed E-state index contributed by atoms with van der Waals surface area (Å²) in [6.07, 6.45) is 1.70. The summed E-state index contributed by atoms with van der Waals surface area (Å²) >= 11 is 13.5. The topological polar surface area (TPSA) is 41.5 Å². The van der Waals surface area contributed by atoms with Gasteiger partial charge in [-0.25, -0.2) is 14.4 Å². The Labute approximate surface area is 147 Å². The smallest absolute Gasteiger partial charge is 0.224 e. The van der Waals surface area contributed by atoms with Crippen LogP contribution >= 0.6 is 34.5 Å². The summed E-state index contributed by atoms with van der Waals surface area (Å²) in [5, 5.41) is 1.96. The predicted octanol–water partition coefficient (Wildman–Crippen LogP) is 3.74. The first kappa shape index (κ1) is 16.7. The van der Waals surface area contributed by atoms with E-state index in [1.54, 1.807) is 18.7 Å². The lowest BCUT2D eigenvalue weighted by molar-refractivity contribution is 0.204. The quantitative estimate of drug-likeness (QED) is 0.743. The van der Waals surface area contributed by atoms with Crippen molar-refractivity contribution >= 4 is 46.0 Å². The summed E-state index contributed by atoms with van der Waals surface area (Å²) in [5.41, 5.74) is 2.26. The first-order valence-electron chi connectivity index (χ1n) is 6.96. The summed E-state index contributed by atoms with van der Waals surface area (Å²) in [6, 6.07) is 0. The first-order chi connectivity index (χ1) is 11.1. The van der Waals surface area contributed by atoms with Gasteiger partial charge in [0.2, 0.25) is 5.28 Å². The van der Waals surface area contributed by atoms with Gasteiger partial charge in [0.15, 0.2) is 0 Å². The molecule has 2 aromatic rings. The van der Waals surface area contributed by atoms with Gasteiger partial charge in [-0.2, -0.15) is 0 Å². The van der Waals surface area contributed by atoms with Crippen molar-refractivity contribution in [3.05, 3.63) is 32.3 Å². The SMILES string of the molecule is COCCN1CN(c2c(CF)csc2Cl)Cc2cnc(Cl)nc21. The van der Waals surface area contributed by atoms with Gasteiger partial charge in [0.05, 0.1) is 19.0 Å². The minimum Gasteiger partial charge on any atom is -0.383 e. The van der Waals surface area contributed by atoms with Crippen molar-refractivity contribution in [2.75, 3.05) is 36.7 Å². The molecule has 3 rings (SSSR count). The van der Waals surface area contributed by atoms with E-state index in [0.717, 1.165) is 17.1 Å². The second-order valence-electron chi connectivity index (χ2n) is 5.10. The van der Waals surface area contributed by atoms with Crippen molar-refractivity contribution in [3.8, 4) is 0 Å². The average molecular weight is 377 g/mol. The molecule has 0 aromatic carbocycles. The van der Waals surface area contributed by atoms with Crippen LogP contribution in [0.15, 0.2) is 11.6 Å². The molecule has 1 aliphatic heterocycles. The molecule has 3 heterocycles. The van der Waals surface area contributed by atoms with E-state index in [0.29, 0.717) is 36.3 Å². The normalized spacial score (nSPS) is 14.3. The fourth-order valence-corrected chi connectivity index (χ4v) is 3.90. The highest BCUT2D eigenvalue weighted by atomic mass is 35.5. The fourth-order valence-electron chi connectivity index (χ4n) is 2.60. The van der Waals surface area contributed by atoms with Crippen LogP contribution in [0.4, 0.5) is 15.9 Å². The Morgan fingerprint density at radius 1 is 1.43 bits per heavy atom. The first-order valence-corrected chi connectivity index (χ1v) is 8.59. The van der Waals surface area contributed by atoms with Crippen LogP contribution in [-0.2, 0) is 18.0 Å². The third-order valence-corrected chi connectivity index (χ3v) is 5.07. The number of alkyl halides is 1. The van der Waals surface area contributed by atoms with Crippen molar-refractivity contribution in [2.24, 2.45) is 0 Å². The molecule has 0 saturated carbocycles. The number of halogens is 3. The Kier molecular flexibility index (Phi) is 5.21. The minimum atomic E-state index is -0.545. The molecule has 0 aliphatic carbocycles. The predicted molar refractivity (Wildman–Crippen MR) is 91.5 cm³/mol. The zero-order chi connectivity index (χ0) is 16.4. The molecule has 23 heavy (non-hydrogen) atoms. The number of aromatic nitrogens is 2. The van der Waals surface area contributed by atoms with Crippen LogP contribution < -0.4 is 9.80 Å². The number of hydrogen-bond donors (Lipinski definition) is 0. The summed E-state index contributed by atoms with van der Waals surface area (Å²) in [5.74, 6) is 0.784. The molecule has 0 atom stereocenters. The van der Waals surface area contributed by atoms with Crippen molar-refractivity contribution in [1.82, 2.24) is 9.97 Å². The fraction of sp³-hybridized carbons (Fsp3) is 0.429. The molecule has 5 nitrogen and oxygen atoms in total. The Bertz CT molecular complexity index is 699. The van der Waals surface area contributed by atoms with E-state index >= 15 is 0 Å². The highest BCUT2D eigenvalue weighted by Crippen LogP contribution is 2.39. The maximum atomic E-state index is 13.2. The van der Waals surface area contributed by atoms with E-state index < -0.39 is 6.67 Å². The highest BCUT2D eigenvalue weighted by Gasteiger charge is 2.28. The van der Waals surface area contributed by atoms with Crippen LogP contribution in [0.5, 0.6) is 0 Å². The second kappa shape index (κ2) is 7.17. The van der Waals surface area contributed by atoms with Gasteiger partial charge in [0.1, 0.15) is 16.8 Å². The standard InChI is InChI=1S/C14H15Cl2FN4OS/c1-22-3-2-20-8-21(11-9(4-17)7-23-12(11)15)6-10-5-18-14(16)19-13(10)20/h5,7H,2-4,6,8H2,1H3. The molecule has 124 valence electrons. The molecule has 0 bridgehead atoms. The number of hydrogen-bond acceptors (Lipinski definition) is 6. The van der Waals surface area contributed by atoms with E-state index in [1.807, 2.05) is 9.80 Å². The third-order valence-electron chi connectivity index (χ3n) is 3.63. The number of ether oxygens (including phenoxy) is 1. The molecule has 2 aromatic heterocycles. The molecule has 9 heteroatoms. The Morgan fingerprint density at radius 3 is 3.00 bits per heavy atom. The van der Waals surface area contributed by atoms with Gasteiger partial charge in [0, 0.05) is 42.9 Å². The lowest BCUT2D eigenvalue weighted by Gasteiger charge is -2.38. The molecule has 0 fully saturated rings. The number of thiophene rings is 1. The van der Waals surface area contributed by atoms with E-state index in [4.69, 9.17) is 27.9 Å². The average Bonchev–Trinajstić information content (AvgIpc) is 2.93.